The SMILES string of the molecule is CN1CCC(O)(Cn2cc(-c3ccccn3)c(-c3ccccc3)cc2=O)CC1. The lowest BCUT2D eigenvalue weighted by atomic mass is 9.91. The summed E-state index contributed by atoms with van der Waals surface area (Å²) in [6.07, 6.45) is 4.93. The first kappa shape index (κ1) is 18.6. The van der Waals surface area contributed by atoms with Gasteiger partial charge in [0.25, 0.3) is 5.56 Å². The lowest BCUT2D eigenvalue weighted by molar-refractivity contribution is -0.0297. The highest BCUT2D eigenvalue weighted by atomic mass is 16.3. The van der Waals surface area contributed by atoms with Crippen molar-refractivity contribution in [2.24, 2.45) is 0 Å². The van der Waals surface area contributed by atoms with Crippen molar-refractivity contribution in [3.8, 4) is 22.4 Å². The fourth-order valence-corrected chi connectivity index (χ4v) is 3.79. The molecular weight excluding hydrogens is 350 g/mol. The van der Waals surface area contributed by atoms with Gasteiger partial charge in [0.1, 0.15) is 0 Å². The molecular formula is C23H25N3O2. The Balaban J connectivity index is 1.78. The maximum atomic E-state index is 12.9. The molecule has 0 bridgehead atoms. The zero-order chi connectivity index (χ0) is 19.6. The molecule has 3 heterocycles. The van der Waals surface area contributed by atoms with Gasteiger partial charge in [-0.2, -0.15) is 0 Å². The van der Waals surface area contributed by atoms with Crippen LogP contribution in [0.5, 0.6) is 0 Å². The van der Waals surface area contributed by atoms with Crippen LogP contribution in [0, 0.1) is 0 Å². The normalized spacial score (nSPS) is 16.8. The summed E-state index contributed by atoms with van der Waals surface area (Å²) < 4.78 is 1.64. The molecule has 1 saturated heterocycles. The average Bonchev–Trinajstić information content (AvgIpc) is 2.73. The van der Waals surface area contributed by atoms with Crippen molar-refractivity contribution in [2.45, 2.75) is 25.0 Å². The minimum Gasteiger partial charge on any atom is -0.388 e. The van der Waals surface area contributed by atoms with Crippen LogP contribution in [0.25, 0.3) is 22.4 Å². The molecule has 1 N–H and O–H groups in total. The average molecular weight is 375 g/mol. The molecule has 1 aliphatic rings. The molecule has 4 rings (SSSR count). The van der Waals surface area contributed by atoms with E-state index >= 15 is 0 Å². The van der Waals surface area contributed by atoms with Crippen molar-refractivity contribution in [1.29, 1.82) is 0 Å². The molecule has 0 spiro atoms. The number of piperidine rings is 1. The number of rotatable bonds is 4. The van der Waals surface area contributed by atoms with Gasteiger partial charge in [0, 0.05) is 37.1 Å². The van der Waals surface area contributed by atoms with Crippen LogP contribution in [0.4, 0.5) is 0 Å². The van der Waals surface area contributed by atoms with E-state index in [9.17, 15) is 9.90 Å². The molecule has 1 aromatic carbocycles. The summed E-state index contributed by atoms with van der Waals surface area (Å²) in [6, 6.07) is 17.3. The Bertz CT molecular complexity index is 991. The minimum absolute atomic E-state index is 0.106. The number of pyridine rings is 2. The molecule has 0 saturated carbocycles. The van der Waals surface area contributed by atoms with Crippen molar-refractivity contribution in [3.05, 3.63) is 77.3 Å². The van der Waals surface area contributed by atoms with E-state index in [2.05, 4.69) is 16.9 Å². The topological polar surface area (TPSA) is 58.4 Å². The molecule has 0 aliphatic carbocycles. The Morgan fingerprint density at radius 3 is 2.43 bits per heavy atom. The van der Waals surface area contributed by atoms with Gasteiger partial charge in [-0.3, -0.25) is 9.78 Å². The quantitative estimate of drug-likeness (QED) is 0.762. The van der Waals surface area contributed by atoms with Crippen LogP contribution in [-0.4, -0.2) is 45.3 Å². The molecule has 144 valence electrons. The molecule has 0 amide bonds. The van der Waals surface area contributed by atoms with Crippen LogP contribution in [0.15, 0.2) is 71.8 Å². The number of nitrogens with zero attached hydrogens (tertiary/aromatic N) is 3. The number of aromatic nitrogens is 2. The van der Waals surface area contributed by atoms with Crippen LogP contribution < -0.4 is 5.56 Å². The van der Waals surface area contributed by atoms with Gasteiger partial charge in [0.05, 0.1) is 17.8 Å². The largest absolute Gasteiger partial charge is 0.388 e. The fraction of sp³-hybridized carbons (Fsp3) is 0.304. The summed E-state index contributed by atoms with van der Waals surface area (Å²) in [5.74, 6) is 0. The van der Waals surface area contributed by atoms with Crippen molar-refractivity contribution in [2.75, 3.05) is 20.1 Å². The van der Waals surface area contributed by atoms with E-state index in [1.807, 2.05) is 54.7 Å². The monoisotopic (exact) mass is 375 g/mol. The third kappa shape index (κ3) is 3.91. The summed E-state index contributed by atoms with van der Waals surface area (Å²) in [5, 5.41) is 11.0. The minimum atomic E-state index is -0.855. The van der Waals surface area contributed by atoms with Gasteiger partial charge in [0.15, 0.2) is 0 Å². The van der Waals surface area contributed by atoms with Gasteiger partial charge in [-0.25, -0.2) is 0 Å². The van der Waals surface area contributed by atoms with Gasteiger partial charge >= 0.3 is 0 Å². The highest BCUT2D eigenvalue weighted by molar-refractivity contribution is 5.81. The second-order valence-corrected chi connectivity index (χ2v) is 7.68. The van der Waals surface area contributed by atoms with Gasteiger partial charge < -0.3 is 14.6 Å². The Kier molecular flexibility index (Phi) is 5.11. The van der Waals surface area contributed by atoms with Crippen molar-refractivity contribution >= 4 is 0 Å². The second kappa shape index (κ2) is 7.70. The second-order valence-electron chi connectivity index (χ2n) is 7.68. The summed E-state index contributed by atoms with van der Waals surface area (Å²) in [5.41, 5.74) is 2.58. The van der Waals surface area contributed by atoms with E-state index in [1.165, 1.54) is 0 Å². The van der Waals surface area contributed by atoms with Crippen LogP contribution in [-0.2, 0) is 6.54 Å². The van der Waals surface area contributed by atoms with Gasteiger partial charge in [-0.05, 0) is 43.1 Å². The number of aliphatic hydroxyl groups is 1. The number of hydrogen-bond acceptors (Lipinski definition) is 4. The van der Waals surface area contributed by atoms with Crippen molar-refractivity contribution in [3.63, 3.8) is 0 Å². The summed E-state index contributed by atoms with van der Waals surface area (Å²) in [7, 11) is 2.06. The fourth-order valence-electron chi connectivity index (χ4n) is 3.79. The highest BCUT2D eigenvalue weighted by Gasteiger charge is 2.32. The smallest absolute Gasteiger partial charge is 0.251 e. The zero-order valence-corrected chi connectivity index (χ0v) is 16.1. The molecule has 2 aromatic heterocycles. The molecule has 1 fully saturated rings. The summed E-state index contributed by atoms with van der Waals surface area (Å²) in [6.45, 7) is 1.97. The Morgan fingerprint density at radius 2 is 1.75 bits per heavy atom. The highest BCUT2D eigenvalue weighted by Crippen LogP contribution is 2.30. The Morgan fingerprint density at radius 1 is 1.04 bits per heavy atom. The maximum absolute atomic E-state index is 12.9. The first-order chi connectivity index (χ1) is 13.5. The van der Waals surface area contributed by atoms with Crippen LogP contribution in [0.3, 0.4) is 0 Å². The van der Waals surface area contributed by atoms with E-state index in [0.29, 0.717) is 19.4 Å². The third-order valence-corrected chi connectivity index (χ3v) is 5.53. The van der Waals surface area contributed by atoms with Gasteiger partial charge in [-0.1, -0.05) is 36.4 Å². The molecule has 0 radical (unpaired) electrons. The Hall–Kier alpha value is -2.76. The van der Waals surface area contributed by atoms with E-state index in [-0.39, 0.29) is 5.56 Å². The maximum Gasteiger partial charge on any atom is 0.251 e. The van der Waals surface area contributed by atoms with Gasteiger partial charge in [0.2, 0.25) is 0 Å². The molecule has 1 aliphatic heterocycles. The van der Waals surface area contributed by atoms with E-state index < -0.39 is 5.60 Å². The summed E-state index contributed by atoms with van der Waals surface area (Å²) >= 11 is 0. The molecule has 5 heteroatoms. The first-order valence-electron chi connectivity index (χ1n) is 9.66. The lowest BCUT2D eigenvalue weighted by Gasteiger charge is -2.37. The van der Waals surface area contributed by atoms with E-state index in [4.69, 9.17) is 0 Å². The molecule has 5 nitrogen and oxygen atoms in total. The van der Waals surface area contributed by atoms with Crippen LogP contribution in [0.1, 0.15) is 12.8 Å². The standard InChI is InChI=1S/C23H25N3O2/c1-25-13-10-23(28,11-14-25)17-26-16-20(21-9-5-6-12-24-21)19(15-22(26)27)18-7-3-2-4-8-18/h2-9,12,15-16,28H,10-11,13-14,17H2,1H3. The van der Waals surface area contributed by atoms with Crippen molar-refractivity contribution < 1.29 is 5.11 Å². The first-order valence-corrected chi connectivity index (χ1v) is 9.66. The van der Waals surface area contributed by atoms with Crippen LogP contribution in [0.2, 0.25) is 0 Å². The van der Waals surface area contributed by atoms with E-state index in [0.717, 1.165) is 35.5 Å². The lowest BCUT2D eigenvalue weighted by Crippen LogP contribution is -2.46. The third-order valence-electron chi connectivity index (χ3n) is 5.53. The van der Waals surface area contributed by atoms with Gasteiger partial charge in [-0.15, -0.1) is 0 Å². The van der Waals surface area contributed by atoms with E-state index in [1.54, 1.807) is 16.8 Å². The zero-order valence-electron chi connectivity index (χ0n) is 16.1. The number of hydrogen-bond donors (Lipinski definition) is 1. The predicted molar refractivity (Wildman–Crippen MR) is 111 cm³/mol. The molecule has 3 aromatic rings. The van der Waals surface area contributed by atoms with Crippen molar-refractivity contribution in [1.82, 2.24) is 14.5 Å². The predicted octanol–water partition coefficient (Wildman–Crippen LogP) is 3.03. The summed E-state index contributed by atoms with van der Waals surface area (Å²) in [4.78, 5) is 19.6. The molecule has 0 unspecified atom stereocenters. The van der Waals surface area contributed by atoms with Crippen LogP contribution >= 0.6 is 0 Å². The number of likely N-dealkylation sites (tertiary alicyclic amines) is 1. The Labute approximate surface area is 164 Å². The molecule has 0 atom stereocenters. The molecule has 28 heavy (non-hydrogen) atoms. The number of benzene rings is 1.